The molecule has 1 aliphatic rings. The monoisotopic (exact) mass is 244 g/mol. The third-order valence-corrected chi connectivity index (χ3v) is 3.51. The Labute approximate surface area is 106 Å². The van der Waals surface area contributed by atoms with Crippen LogP contribution in [0.25, 0.3) is 0 Å². The number of anilines is 1. The maximum absolute atomic E-state index is 11.4. The van der Waals surface area contributed by atoms with E-state index in [1.165, 1.54) is 0 Å². The molecule has 4 heteroatoms. The highest BCUT2D eigenvalue weighted by Crippen LogP contribution is 2.28. The van der Waals surface area contributed by atoms with E-state index >= 15 is 0 Å². The van der Waals surface area contributed by atoms with Gasteiger partial charge < -0.3 is 10.0 Å². The van der Waals surface area contributed by atoms with E-state index in [1.807, 2.05) is 24.0 Å². The second kappa shape index (κ2) is 5.09. The van der Waals surface area contributed by atoms with Crippen molar-refractivity contribution in [3.05, 3.63) is 29.8 Å². The summed E-state index contributed by atoms with van der Waals surface area (Å²) in [6.07, 6.45) is 1.95. The van der Waals surface area contributed by atoms with Gasteiger partial charge in [0.05, 0.1) is 11.6 Å². The van der Waals surface area contributed by atoms with Crippen LogP contribution in [0.5, 0.6) is 0 Å². The number of piperidine rings is 1. The Balaban J connectivity index is 2.28. The zero-order valence-electron chi connectivity index (χ0n) is 10.3. The Morgan fingerprint density at radius 3 is 2.67 bits per heavy atom. The average molecular weight is 244 g/mol. The van der Waals surface area contributed by atoms with Gasteiger partial charge in [-0.3, -0.25) is 0 Å². The summed E-state index contributed by atoms with van der Waals surface area (Å²) in [6.45, 7) is 2.74. The molecule has 2 atom stereocenters. The molecule has 1 heterocycles. The lowest BCUT2D eigenvalue weighted by molar-refractivity contribution is -0.140. The summed E-state index contributed by atoms with van der Waals surface area (Å²) in [5.41, 5.74) is 1.48. The van der Waals surface area contributed by atoms with Crippen molar-refractivity contribution in [2.45, 2.75) is 25.8 Å². The first kappa shape index (κ1) is 12.4. The fraction of sp³-hybridized carbons (Fsp3) is 0.429. The van der Waals surface area contributed by atoms with Crippen molar-refractivity contribution in [2.75, 3.05) is 11.4 Å². The number of benzene rings is 1. The normalized spacial score (nSPS) is 23.4. The van der Waals surface area contributed by atoms with E-state index in [9.17, 15) is 9.90 Å². The summed E-state index contributed by atoms with van der Waals surface area (Å²) in [5.74, 6) is -0.626. The highest BCUT2D eigenvalue weighted by Gasteiger charge is 2.34. The number of carboxylic acid groups (broad SMARTS) is 1. The molecule has 2 unspecified atom stereocenters. The van der Waals surface area contributed by atoms with E-state index in [0.717, 1.165) is 25.1 Å². The molecule has 94 valence electrons. The first-order valence-corrected chi connectivity index (χ1v) is 6.13. The van der Waals surface area contributed by atoms with Crippen LogP contribution in [0.2, 0.25) is 0 Å². The van der Waals surface area contributed by atoms with Crippen LogP contribution >= 0.6 is 0 Å². The van der Waals surface area contributed by atoms with Crippen LogP contribution in [-0.4, -0.2) is 23.7 Å². The number of rotatable bonds is 2. The van der Waals surface area contributed by atoms with E-state index in [-0.39, 0.29) is 5.92 Å². The van der Waals surface area contributed by atoms with Crippen LogP contribution in [0.4, 0.5) is 5.69 Å². The highest BCUT2D eigenvalue weighted by atomic mass is 16.4. The van der Waals surface area contributed by atoms with E-state index in [4.69, 9.17) is 5.26 Å². The molecule has 0 amide bonds. The van der Waals surface area contributed by atoms with Gasteiger partial charge in [-0.1, -0.05) is 6.92 Å². The smallest absolute Gasteiger partial charge is 0.326 e. The Bertz CT molecular complexity index is 476. The Morgan fingerprint density at radius 2 is 2.11 bits per heavy atom. The first-order valence-electron chi connectivity index (χ1n) is 6.13. The number of aliphatic carboxylic acids is 1. The van der Waals surface area contributed by atoms with Gasteiger partial charge in [-0.2, -0.15) is 5.26 Å². The number of nitrogens with zero attached hydrogens (tertiary/aromatic N) is 2. The summed E-state index contributed by atoms with van der Waals surface area (Å²) < 4.78 is 0. The fourth-order valence-electron chi connectivity index (χ4n) is 2.58. The maximum Gasteiger partial charge on any atom is 0.326 e. The molecule has 1 saturated heterocycles. The van der Waals surface area contributed by atoms with E-state index in [0.29, 0.717) is 5.56 Å². The highest BCUT2D eigenvalue weighted by molar-refractivity contribution is 5.79. The molecule has 0 saturated carbocycles. The second-order valence-corrected chi connectivity index (χ2v) is 4.75. The molecule has 0 bridgehead atoms. The molecular formula is C14H16N2O2. The van der Waals surface area contributed by atoms with Gasteiger partial charge in [0, 0.05) is 12.2 Å². The zero-order chi connectivity index (χ0) is 13.1. The zero-order valence-corrected chi connectivity index (χ0v) is 10.3. The molecule has 0 spiro atoms. The van der Waals surface area contributed by atoms with Gasteiger partial charge in [0.2, 0.25) is 0 Å². The van der Waals surface area contributed by atoms with Crippen LogP contribution in [0.15, 0.2) is 24.3 Å². The minimum Gasteiger partial charge on any atom is -0.480 e. The molecule has 1 aliphatic heterocycles. The van der Waals surface area contributed by atoms with Gasteiger partial charge in [0.25, 0.3) is 0 Å². The number of carbonyl (C=O) groups is 1. The van der Waals surface area contributed by atoms with Crippen LogP contribution in [-0.2, 0) is 4.79 Å². The molecule has 4 nitrogen and oxygen atoms in total. The van der Waals surface area contributed by atoms with Gasteiger partial charge in [-0.25, -0.2) is 4.79 Å². The molecule has 18 heavy (non-hydrogen) atoms. The molecule has 0 aliphatic carbocycles. The lowest BCUT2D eigenvalue weighted by Gasteiger charge is -2.38. The molecule has 1 fully saturated rings. The molecule has 1 N–H and O–H groups in total. The molecule has 1 aromatic rings. The average Bonchev–Trinajstić information content (AvgIpc) is 2.38. The Morgan fingerprint density at radius 1 is 1.44 bits per heavy atom. The standard InChI is InChI=1S/C14H16N2O2/c1-10-3-2-8-16(13(10)14(17)18)12-6-4-11(9-15)5-7-12/h4-7,10,13H,2-3,8H2,1H3,(H,17,18). The third-order valence-electron chi connectivity index (χ3n) is 3.51. The van der Waals surface area contributed by atoms with Gasteiger partial charge in [-0.05, 0) is 43.0 Å². The summed E-state index contributed by atoms with van der Waals surface area (Å²) in [4.78, 5) is 13.3. The molecule has 2 rings (SSSR count). The third kappa shape index (κ3) is 2.30. The van der Waals surface area contributed by atoms with E-state index in [1.54, 1.807) is 12.1 Å². The van der Waals surface area contributed by atoms with Crippen molar-refractivity contribution in [3.63, 3.8) is 0 Å². The van der Waals surface area contributed by atoms with Crippen molar-refractivity contribution in [1.82, 2.24) is 0 Å². The molecular weight excluding hydrogens is 228 g/mol. The van der Waals surface area contributed by atoms with Crippen molar-refractivity contribution in [1.29, 1.82) is 5.26 Å². The van der Waals surface area contributed by atoms with Crippen molar-refractivity contribution >= 4 is 11.7 Å². The predicted octanol–water partition coefficient (Wildman–Crippen LogP) is 2.25. The molecule has 0 radical (unpaired) electrons. The Kier molecular flexibility index (Phi) is 3.52. The van der Waals surface area contributed by atoms with Crippen LogP contribution in [0.3, 0.4) is 0 Å². The summed E-state index contributed by atoms with van der Waals surface area (Å²) >= 11 is 0. The van der Waals surface area contributed by atoms with Crippen LogP contribution in [0.1, 0.15) is 25.3 Å². The van der Waals surface area contributed by atoms with Crippen LogP contribution < -0.4 is 4.90 Å². The second-order valence-electron chi connectivity index (χ2n) is 4.75. The number of hydrogen-bond donors (Lipinski definition) is 1. The van der Waals surface area contributed by atoms with Gasteiger partial charge in [0.1, 0.15) is 6.04 Å². The SMILES string of the molecule is CC1CCCN(c2ccc(C#N)cc2)C1C(=O)O. The fourth-order valence-corrected chi connectivity index (χ4v) is 2.58. The van der Waals surface area contributed by atoms with Crippen molar-refractivity contribution in [2.24, 2.45) is 5.92 Å². The van der Waals surface area contributed by atoms with E-state index < -0.39 is 12.0 Å². The number of hydrogen-bond acceptors (Lipinski definition) is 3. The lowest BCUT2D eigenvalue weighted by atomic mass is 9.90. The van der Waals surface area contributed by atoms with Crippen molar-refractivity contribution in [3.8, 4) is 6.07 Å². The minimum atomic E-state index is -0.772. The topological polar surface area (TPSA) is 64.3 Å². The summed E-state index contributed by atoms with van der Waals surface area (Å²) in [7, 11) is 0. The molecule has 1 aromatic carbocycles. The number of carboxylic acids is 1. The van der Waals surface area contributed by atoms with Crippen LogP contribution in [0, 0.1) is 17.2 Å². The van der Waals surface area contributed by atoms with E-state index in [2.05, 4.69) is 6.07 Å². The van der Waals surface area contributed by atoms with Gasteiger partial charge in [0.15, 0.2) is 0 Å². The maximum atomic E-state index is 11.4. The lowest BCUT2D eigenvalue weighted by Crippen LogP contribution is -2.49. The summed E-state index contributed by atoms with van der Waals surface area (Å²) in [6, 6.07) is 8.71. The largest absolute Gasteiger partial charge is 0.480 e. The first-order chi connectivity index (χ1) is 8.63. The van der Waals surface area contributed by atoms with Gasteiger partial charge in [-0.15, -0.1) is 0 Å². The minimum absolute atomic E-state index is 0.145. The number of nitriles is 1. The summed E-state index contributed by atoms with van der Waals surface area (Å²) in [5, 5.41) is 18.1. The van der Waals surface area contributed by atoms with Crippen molar-refractivity contribution < 1.29 is 9.90 Å². The predicted molar refractivity (Wildman–Crippen MR) is 68.3 cm³/mol. The molecule has 0 aromatic heterocycles. The Hall–Kier alpha value is -2.02. The quantitative estimate of drug-likeness (QED) is 0.866. The van der Waals surface area contributed by atoms with Gasteiger partial charge >= 0.3 is 5.97 Å².